The van der Waals surface area contributed by atoms with Gasteiger partial charge < -0.3 is 14.8 Å². The monoisotopic (exact) mass is 442 g/mol. The van der Waals surface area contributed by atoms with E-state index in [1.165, 1.54) is 48.2 Å². The summed E-state index contributed by atoms with van der Waals surface area (Å²) >= 11 is 0. The maximum atomic E-state index is 5.59. The molecular formula is C29H34N2O2. The lowest BCUT2D eigenvalue weighted by Crippen LogP contribution is -2.63. The van der Waals surface area contributed by atoms with Crippen LogP contribution in [-0.2, 0) is 13.0 Å². The third-order valence-corrected chi connectivity index (χ3v) is 7.51. The number of nitrogens with zero attached hydrogens (tertiary/aromatic N) is 1. The van der Waals surface area contributed by atoms with Gasteiger partial charge in [0.2, 0.25) is 0 Å². The number of ether oxygens (including phenoxy) is 2. The second kappa shape index (κ2) is 9.98. The summed E-state index contributed by atoms with van der Waals surface area (Å²) in [6, 6.07) is 26.6. The number of methoxy groups -OCH3 is 2. The molecule has 0 radical (unpaired) electrons. The van der Waals surface area contributed by atoms with Crippen LogP contribution in [0.1, 0.15) is 24.0 Å². The zero-order valence-corrected chi connectivity index (χ0v) is 19.7. The highest BCUT2D eigenvalue weighted by Crippen LogP contribution is 2.36. The molecular weight excluding hydrogens is 408 g/mol. The summed E-state index contributed by atoms with van der Waals surface area (Å²) in [5.41, 5.74) is 5.17. The molecule has 3 aliphatic rings. The minimum atomic E-state index is 0.482. The Morgan fingerprint density at radius 3 is 2.39 bits per heavy atom. The Morgan fingerprint density at radius 2 is 1.61 bits per heavy atom. The van der Waals surface area contributed by atoms with Crippen LogP contribution in [0.4, 0.5) is 0 Å². The molecule has 0 amide bonds. The van der Waals surface area contributed by atoms with Crippen molar-refractivity contribution in [2.24, 2.45) is 5.92 Å². The van der Waals surface area contributed by atoms with E-state index in [0.717, 1.165) is 30.4 Å². The van der Waals surface area contributed by atoms with E-state index in [0.29, 0.717) is 12.1 Å². The van der Waals surface area contributed by atoms with Crippen molar-refractivity contribution in [1.29, 1.82) is 0 Å². The molecule has 0 aliphatic carbocycles. The molecule has 0 spiro atoms. The molecule has 0 saturated carbocycles. The molecule has 3 saturated heterocycles. The molecule has 2 unspecified atom stereocenters. The van der Waals surface area contributed by atoms with E-state index >= 15 is 0 Å². The van der Waals surface area contributed by atoms with Crippen LogP contribution < -0.4 is 14.8 Å². The molecule has 33 heavy (non-hydrogen) atoms. The summed E-state index contributed by atoms with van der Waals surface area (Å²) in [6.07, 6.45) is 3.63. The summed E-state index contributed by atoms with van der Waals surface area (Å²) in [5.74, 6) is 2.60. The van der Waals surface area contributed by atoms with Gasteiger partial charge in [-0.3, -0.25) is 4.90 Å². The third-order valence-electron chi connectivity index (χ3n) is 7.51. The normalized spacial score (nSPS) is 23.9. The fraction of sp³-hybridized carbons (Fsp3) is 0.379. The van der Waals surface area contributed by atoms with E-state index in [9.17, 15) is 0 Å². The molecule has 4 nitrogen and oxygen atoms in total. The van der Waals surface area contributed by atoms with Gasteiger partial charge in [0, 0.05) is 24.2 Å². The first-order valence-corrected chi connectivity index (χ1v) is 12.1. The van der Waals surface area contributed by atoms with E-state index in [4.69, 9.17) is 9.47 Å². The molecule has 6 rings (SSSR count). The van der Waals surface area contributed by atoms with Crippen molar-refractivity contribution in [3.05, 3.63) is 83.9 Å². The maximum Gasteiger partial charge on any atom is 0.123 e. The van der Waals surface area contributed by atoms with Gasteiger partial charge in [-0.05, 0) is 73.2 Å². The van der Waals surface area contributed by atoms with Crippen molar-refractivity contribution >= 4 is 0 Å². The maximum absolute atomic E-state index is 5.59. The number of hydrogen-bond acceptors (Lipinski definition) is 4. The predicted octanol–water partition coefficient (Wildman–Crippen LogP) is 5.17. The number of para-hydroxylation sites is 1. The van der Waals surface area contributed by atoms with E-state index in [1.807, 2.05) is 12.1 Å². The molecule has 2 bridgehead atoms. The second-order valence-corrected chi connectivity index (χ2v) is 9.25. The summed E-state index contributed by atoms with van der Waals surface area (Å²) in [5, 5.41) is 3.95. The molecule has 2 atom stereocenters. The van der Waals surface area contributed by atoms with Crippen molar-refractivity contribution in [2.75, 3.05) is 27.3 Å². The van der Waals surface area contributed by atoms with Crippen molar-refractivity contribution in [3.8, 4) is 22.6 Å². The molecule has 4 heteroatoms. The molecule has 3 aliphatic heterocycles. The van der Waals surface area contributed by atoms with Crippen LogP contribution in [-0.4, -0.2) is 44.3 Å². The number of fused-ring (bicyclic) bond motifs is 3. The van der Waals surface area contributed by atoms with Gasteiger partial charge in [0.15, 0.2) is 0 Å². The van der Waals surface area contributed by atoms with Crippen molar-refractivity contribution in [1.82, 2.24) is 10.2 Å². The van der Waals surface area contributed by atoms with Crippen molar-refractivity contribution < 1.29 is 9.47 Å². The van der Waals surface area contributed by atoms with Crippen molar-refractivity contribution in [2.45, 2.75) is 37.9 Å². The zero-order chi connectivity index (χ0) is 22.6. The minimum absolute atomic E-state index is 0.482. The number of benzene rings is 3. The van der Waals surface area contributed by atoms with Crippen LogP contribution in [0.3, 0.4) is 0 Å². The molecule has 172 valence electrons. The Morgan fingerprint density at radius 1 is 0.848 bits per heavy atom. The quantitative estimate of drug-likeness (QED) is 0.522. The highest BCUT2D eigenvalue weighted by molar-refractivity contribution is 5.68. The van der Waals surface area contributed by atoms with E-state index < -0.39 is 0 Å². The van der Waals surface area contributed by atoms with Crippen LogP contribution in [0.2, 0.25) is 0 Å². The van der Waals surface area contributed by atoms with E-state index in [2.05, 4.69) is 70.9 Å². The van der Waals surface area contributed by atoms with Crippen LogP contribution >= 0.6 is 0 Å². The number of nitrogens with one attached hydrogen (secondary N) is 1. The molecule has 3 aromatic carbocycles. The average Bonchev–Trinajstić information content (AvgIpc) is 2.89. The lowest BCUT2D eigenvalue weighted by Gasteiger charge is -2.51. The first kappa shape index (κ1) is 22.0. The number of rotatable bonds is 8. The van der Waals surface area contributed by atoms with Crippen LogP contribution in [0, 0.1) is 5.92 Å². The summed E-state index contributed by atoms with van der Waals surface area (Å²) in [7, 11) is 3.49. The van der Waals surface area contributed by atoms with Crippen LogP contribution in [0.5, 0.6) is 11.5 Å². The van der Waals surface area contributed by atoms with Gasteiger partial charge >= 0.3 is 0 Å². The van der Waals surface area contributed by atoms with Crippen molar-refractivity contribution in [3.63, 3.8) is 0 Å². The van der Waals surface area contributed by atoms with Gasteiger partial charge in [-0.2, -0.15) is 0 Å². The topological polar surface area (TPSA) is 33.7 Å². The van der Waals surface area contributed by atoms with Gasteiger partial charge in [0.25, 0.3) is 0 Å². The van der Waals surface area contributed by atoms with Gasteiger partial charge in [0.1, 0.15) is 11.5 Å². The fourth-order valence-electron chi connectivity index (χ4n) is 5.78. The smallest absolute Gasteiger partial charge is 0.123 e. The van der Waals surface area contributed by atoms with Gasteiger partial charge in [-0.25, -0.2) is 0 Å². The highest BCUT2D eigenvalue weighted by Gasteiger charge is 2.42. The predicted molar refractivity (Wildman–Crippen MR) is 134 cm³/mol. The number of piperidine rings is 3. The summed E-state index contributed by atoms with van der Waals surface area (Å²) < 4.78 is 11.1. The Hall–Kier alpha value is -2.82. The van der Waals surface area contributed by atoms with Gasteiger partial charge in [-0.15, -0.1) is 0 Å². The average molecular weight is 443 g/mol. The first-order valence-electron chi connectivity index (χ1n) is 12.1. The van der Waals surface area contributed by atoms with Gasteiger partial charge in [-0.1, -0.05) is 54.6 Å². The standard InChI is InChI=1S/C29H34N2O2/c1-32-25-11-7-10-22(18-25)26-12-5-3-8-23(26)19-27-29(21-14-16-31(27)17-15-21)30-20-24-9-4-6-13-28(24)33-2/h3-13,18,21,27,29-30H,14-17,19-20H2,1-2H3. The summed E-state index contributed by atoms with van der Waals surface area (Å²) in [6.45, 7) is 3.26. The molecule has 0 aromatic heterocycles. The largest absolute Gasteiger partial charge is 0.497 e. The first-order chi connectivity index (χ1) is 16.3. The number of hydrogen-bond donors (Lipinski definition) is 1. The summed E-state index contributed by atoms with van der Waals surface area (Å²) in [4.78, 5) is 2.71. The Balaban J connectivity index is 1.40. The fourth-order valence-corrected chi connectivity index (χ4v) is 5.78. The highest BCUT2D eigenvalue weighted by atomic mass is 16.5. The molecule has 3 heterocycles. The molecule has 3 fully saturated rings. The third kappa shape index (κ3) is 4.64. The molecule has 1 N–H and O–H groups in total. The van der Waals surface area contributed by atoms with Gasteiger partial charge in [0.05, 0.1) is 14.2 Å². The Labute approximate surface area is 197 Å². The van der Waals surface area contributed by atoms with E-state index in [1.54, 1.807) is 14.2 Å². The lowest BCUT2D eigenvalue weighted by atomic mass is 9.76. The molecule has 3 aromatic rings. The second-order valence-electron chi connectivity index (χ2n) is 9.25. The SMILES string of the molecule is COc1cccc(-c2ccccc2CC2C(NCc3ccccc3OC)C3CCN2CC3)c1. The minimum Gasteiger partial charge on any atom is -0.497 e. The Bertz CT molecular complexity index is 1070. The van der Waals surface area contributed by atoms with E-state index in [-0.39, 0.29) is 0 Å². The van der Waals surface area contributed by atoms with Crippen LogP contribution in [0.25, 0.3) is 11.1 Å². The van der Waals surface area contributed by atoms with Crippen LogP contribution in [0.15, 0.2) is 72.8 Å². The lowest BCUT2D eigenvalue weighted by molar-refractivity contribution is 0.0127. The zero-order valence-electron chi connectivity index (χ0n) is 19.7. The Kier molecular flexibility index (Phi) is 6.65.